The minimum Gasteiger partial charge on any atom is -0.0622 e. The van der Waals surface area contributed by atoms with Gasteiger partial charge in [0.25, 0.3) is 0 Å². The van der Waals surface area contributed by atoms with Gasteiger partial charge >= 0.3 is 0 Å². The molecule has 0 heteroatoms. The van der Waals surface area contributed by atoms with E-state index in [0.717, 1.165) is 0 Å². The van der Waals surface area contributed by atoms with Crippen LogP contribution in [0.3, 0.4) is 0 Å². The van der Waals surface area contributed by atoms with Crippen LogP contribution in [-0.4, -0.2) is 0 Å². The first-order valence-corrected chi connectivity index (χ1v) is 14.8. The fourth-order valence-electron chi connectivity index (χ4n) is 6.70. The summed E-state index contributed by atoms with van der Waals surface area (Å²) in [6.07, 6.45) is 0. The van der Waals surface area contributed by atoms with E-state index in [2.05, 4.69) is 161 Å². The van der Waals surface area contributed by atoms with Crippen molar-refractivity contribution in [2.24, 2.45) is 0 Å². The van der Waals surface area contributed by atoms with Crippen LogP contribution in [0.1, 0.15) is 22.3 Å². The van der Waals surface area contributed by atoms with Gasteiger partial charge in [-0.1, -0.05) is 150 Å². The Morgan fingerprint density at radius 1 is 0.262 bits per heavy atom. The fraction of sp³-hybridized carbons (Fsp3) is 0.0952. The molecule has 0 aliphatic carbocycles. The monoisotopic (exact) mass is 538 g/mol. The maximum absolute atomic E-state index is 2.42. The number of hydrogen-bond acceptors (Lipinski definition) is 0. The standard InChI is InChI=1S/C42H34/c1-27-20-28(2)23-35(22-27)34-18-19-39-40(26-34)42(36-24-29(3)21-30(4)25-36)38-13-9-8-12-37(38)41(39)33-16-14-32(15-17-33)31-10-6-5-7-11-31/h5-26H,1-4H3. The summed E-state index contributed by atoms with van der Waals surface area (Å²) in [5.41, 5.74) is 15.3. The summed E-state index contributed by atoms with van der Waals surface area (Å²) >= 11 is 0. The van der Waals surface area contributed by atoms with E-state index in [4.69, 9.17) is 0 Å². The molecule has 0 spiro atoms. The molecule has 0 radical (unpaired) electrons. The first-order valence-electron chi connectivity index (χ1n) is 14.8. The third-order valence-electron chi connectivity index (χ3n) is 8.37. The van der Waals surface area contributed by atoms with Crippen LogP contribution < -0.4 is 0 Å². The van der Waals surface area contributed by atoms with Gasteiger partial charge in [-0.05, 0) is 99.8 Å². The molecule has 0 N–H and O–H groups in total. The van der Waals surface area contributed by atoms with Gasteiger partial charge in [0.15, 0.2) is 0 Å². The zero-order valence-corrected chi connectivity index (χ0v) is 24.7. The van der Waals surface area contributed by atoms with Crippen LogP contribution >= 0.6 is 0 Å². The number of hydrogen-bond donors (Lipinski definition) is 0. The van der Waals surface area contributed by atoms with E-state index in [-0.39, 0.29) is 0 Å². The summed E-state index contributed by atoms with van der Waals surface area (Å²) in [6.45, 7) is 8.77. The molecule has 42 heavy (non-hydrogen) atoms. The van der Waals surface area contributed by atoms with Gasteiger partial charge in [0.05, 0.1) is 0 Å². The fourth-order valence-corrected chi connectivity index (χ4v) is 6.70. The molecule has 0 unspecified atom stereocenters. The molecular formula is C42H34. The highest BCUT2D eigenvalue weighted by molar-refractivity contribution is 6.22. The van der Waals surface area contributed by atoms with E-state index >= 15 is 0 Å². The topological polar surface area (TPSA) is 0 Å². The van der Waals surface area contributed by atoms with Crippen LogP contribution in [0.4, 0.5) is 0 Å². The van der Waals surface area contributed by atoms with E-state index in [1.165, 1.54) is 88.3 Å². The molecule has 0 atom stereocenters. The summed E-state index contributed by atoms with van der Waals surface area (Å²) in [7, 11) is 0. The smallest absolute Gasteiger partial charge is 0.00260 e. The third kappa shape index (κ3) is 4.70. The molecule has 0 aliphatic rings. The summed E-state index contributed by atoms with van der Waals surface area (Å²) in [6, 6.07) is 49.5. The van der Waals surface area contributed by atoms with E-state index in [1.54, 1.807) is 0 Å². The molecule has 0 heterocycles. The predicted molar refractivity (Wildman–Crippen MR) is 182 cm³/mol. The Hall–Kier alpha value is -4.94. The molecule has 0 saturated heterocycles. The average molecular weight is 539 g/mol. The SMILES string of the molecule is Cc1cc(C)cc(-c2ccc3c(-c4ccc(-c5ccccc5)cc4)c4ccccc4c(-c4cc(C)cc(C)c4)c3c2)c1. The first-order chi connectivity index (χ1) is 20.4. The Kier molecular flexibility index (Phi) is 6.48. The van der Waals surface area contributed by atoms with E-state index in [0.29, 0.717) is 0 Å². The van der Waals surface area contributed by atoms with Gasteiger partial charge in [-0.25, -0.2) is 0 Å². The van der Waals surface area contributed by atoms with Crippen molar-refractivity contribution < 1.29 is 0 Å². The van der Waals surface area contributed by atoms with E-state index < -0.39 is 0 Å². The lowest BCUT2D eigenvalue weighted by Gasteiger charge is -2.19. The first kappa shape index (κ1) is 26.0. The Balaban J connectivity index is 1.55. The van der Waals surface area contributed by atoms with Crippen molar-refractivity contribution in [3.8, 4) is 44.5 Å². The van der Waals surface area contributed by atoms with Crippen LogP contribution in [0.15, 0.2) is 133 Å². The van der Waals surface area contributed by atoms with E-state index in [1.807, 2.05) is 0 Å². The Morgan fingerprint density at radius 2 is 0.690 bits per heavy atom. The second-order valence-corrected chi connectivity index (χ2v) is 11.8. The van der Waals surface area contributed by atoms with Gasteiger partial charge in [0.2, 0.25) is 0 Å². The summed E-state index contributed by atoms with van der Waals surface area (Å²) < 4.78 is 0. The van der Waals surface area contributed by atoms with Gasteiger partial charge in [-0.2, -0.15) is 0 Å². The van der Waals surface area contributed by atoms with Crippen LogP contribution in [0.25, 0.3) is 66.1 Å². The van der Waals surface area contributed by atoms with Gasteiger partial charge in [-0.15, -0.1) is 0 Å². The van der Waals surface area contributed by atoms with Crippen molar-refractivity contribution in [3.63, 3.8) is 0 Å². The highest BCUT2D eigenvalue weighted by Crippen LogP contribution is 2.45. The molecule has 7 aromatic carbocycles. The minimum absolute atomic E-state index is 1.23. The lowest BCUT2D eigenvalue weighted by atomic mass is 9.84. The van der Waals surface area contributed by atoms with Crippen molar-refractivity contribution in [2.75, 3.05) is 0 Å². The number of aryl methyl sites for hydroxylation is 4. The molecular weight excluding hydrogens is 504 g/mol. The molecule has 7 rings (SSSR count). The molecule has 0 saturated carbocycles. The zero-order chi connectivity index (χ0) is 28.8. The lowest BCUT2D eigenvalue weighted by Crippen LogP contribution is -1.93. The van der Waals surface area contributed by atoms with Crippen LogP contribution in [0.5, 0.6) is 0 Å². The molecule has 0 aliphatic heterocycles. The highest BCUT2D eigenvalue weighted by atomic mass is 14.2. The zero-order valence-electron chi connectivity index (χ0n) is 24.7. The number of fused-ring (bicyclic) bond motifs is 2. The van der Waals surface area contributed by atoms with Crippen molar-refractivity contribution in [2.45, 2.75) is 27.7 Å². The Labute approximate surface area is 248 Å². The van der Waals surface area contributed by atoms with Gasteiger partial charge in [-0.3, -0.25) is 0 Å². The van der Waals surface area contributed by atoms with Crippen LogP contribution in [0, 0.1) is 27.7 Å². The highest BCUT2D eigenvalue weighted by Gasteiger charge is 2.18. The average Bonchev–Trinajstić information content (AvgIpc) is 2.99. The normalized spacial score (nSPS) is 11.3. The van der Waals surface area contributed by atoms with Gasteiger partial charge < -0.3 is 0 Å². The quantitative estimate of drug-likeness (QED) is 0.196. The Bertz CT molecular complexity index is 2050. The summed E-state index contributed by atoms with van der Waals surface area (Å²) in [4.78, 5) is 0. The second-order valence-electron chi connectivity index (χ2n) is 11.8. The molecule has 0 fully saturated rings. The summed E-state index contributed by atoms with van der Waals surface area (Å²) in [5, 5.41) is 5.14. The lowest BCUT2D eigenvalue weighted by molar-refractivity contribution is 1.38. The molecule has 0 aromatic heterocycles. The minimum atomic E-state index is 1.23. The number of rotatable bonds is 4. The van der Waals surface area contributed by atoms with Crippen LogP contribution in [0.2, 0.25) is 0 Å². The molecule has 0 bridgehead atoms. The maximum Gasteiger partial charge on any atom is -0.00260 e. The van der Waals surface area contributed by atoms with E-state index in [9.17, 15) is 0 Å². The van der Waals surface area contributed by atoms with Gasteiger partial charge in [0.1, 0.15) is 0 Å². The van der Waals surface area contributed by atoms with Crippen molar-refractivity contribution in [1.29, 1.82) is 0 Å². The number of benzene rings is 7. The third-order valence-corrected chi connectivity index (χ3v) is 8.37. The van der Waals surface area contributed by atoms with Crippen molar-refractivity contribution >= 4 is 21.5 Å². The molecule has 0 amide bonds. The largest absolute Gasteiger partial charge is 0.0622 e. The van der Waals surface area contributed by atoms with Gasteiger partial charge in [0, 0.05) is 0 Å². The Morgan fingerprint density at radius 3 is 1.29 bits per heavy atom. The molecule has 0 nitrogen and oxygen atoms in total. The summed E-state index contributed by atoms with van der Waals surface area (Å²) in [5.74, 6) is 0. The van der Waals surface area contributed by atoms with Crippen molar-refractivity contribution in [1.82, 2.24) is 0 Å². The predicted octanol–water partition coefficient (Wildman–Crippen LogP) is 11.9. The second kappa shape index (κ2) is 10.5. The van der Waals surface area contributed by atoms with Crippen LogP contribution in [-0.2, 0) is 0 Å². The maximum atomic E-state index is 2.42. The molecule has 7 aromatic rings. The van der Waals surface area contributed by atoms with Crippen molar-refractivity contribution in [3.05, 3.63) is 156 Å². The molecule has 202 valence electrons.